The molecular formula is C26H22N2O2S3. The molecule has 1 N–H and O–H groups in total. The van der Waals surface area contributed by atoms with Crippen LogP contribution in [-0.4, -0.2) is 31.9 Å². The van der Waals surface area contributed by atoms with Gasteiger partial charge in [0.05, 0.1) is 28.0 Å². The molecule has 166 valence electrons. The third kappa shape index (κ3) is 6.18. The Balaban J connectivity index is 1.54. The summed E-state index contributed by atoms with van der Waals surface area (Å²) in [7, 11) is -1.18. The zero-order chi connectivity index (χ0) is 23.0. The van der Waals surface area contributed by atoms with Crippen LogP contribution >= 0.6 is 23.1 Å². The number of aliphatic hydroxyl groups excluding tert-OH is 1. The smallest absolute Gasteiger partial charge is 0.115 e. The predicted octanol–water partition coefficient (Wildman–Crippen LogP) is 5.75. The molecule has 0 amide bonds. The SMILES string of the molecule is N#Cc1c(-c2ccccc2)cc(-c2cccs2)nc1SC[C@@H](O)C[S@](=O)Cc1ccccc1. The molecule has 33 heavy (non-hydrogen) atoms. The molecule has 0 unspecified atom stereocenters. The van der Waals surface area contributed by atoms with E-state index in [0.29, 0.717) is 22.1 Å². The second-order valence-electron chi connectivity index (χ2n) is 7.39. The highest BCUT2D eigenvalue weighted by atomic mass is 32.2. The van der Waals surface area contributed by atoms with Crippen LogP contribution in [0.2, 0.25) is 0 Å². The van der Waals surface area contributed by atoms with Gasteiger partial charge in [0.1, 0.15) is 11.1 Å². The first-order valence-electron chi connectivity index (χ1n) is 10.4. The van der Waals surface area contributed by atoms with Gasteiger partial charge in [0.2, 0.25) is 0 Å². The third-order valence-electron chi connectivity index (χ3n) is 4.92. The van der Waals surface area contributed by atoms with Gasteiger partial charge in [-0.2, -0.15) is 5.26 Å². The molecular weight excluding hydrogens is 468 g/mol. The maximum absolute atomic E-state index is 12.5. The third-order valence-corrected chi connectivity index (χ3v) is 8.34. The Hall–Kier alpha value is -2.76. The Kier molecular flexibility index (Phi) is 8.08. The van der Waals surface area contributed by atoms with Crippen molar-refractivity contribution in [3.05, 3.63) is 95.4 Å². The summed E-state index contributed by atoms with van der Waals surface area (Å²) >= 11 is 2.93. The molecule has 7 heteroatoms. The quantitative estimate of drug-likeness (QED) is 0.302. The predicted molar refractivity (Wildman–Crippen MR) is 138 cm³/mol. The van der Waals surface area contributed by atoms with Crippen molar-refractivity contribution in [2.45, 2.75) is 16.9 Å². The normalized spacial score (nSPS) is 12.7. The van der Waals surface area contributed by atoms with Crippen LogP contribution in [0.25, 0.3) is 21.7 Å². The Morgan fingerprint density at radius 2 is 1.79 bits per heavy atom. The van der Waals surface area contributed by atoms with Gasteiger partial charge >= 0.3 is 0 Å². The first-order chi connectivity index (χ1) is 16.1. The van der Waals surface area contributed by atoms with Crippen LogP contribution < -0.4 is 0 Å². The van der Waals surface area contributed by atoms with E-state index in [2.05, 4.69) is 6.07 Å². The van der Waals surface area contributed by atoms with Crippen molar-refractivity contribution in [1.29, 1.82) is 5.26 Å². The summed E-state index contributed by atoms with van der Waals surface area (Å²) in [6, 6.07) is 27.6. The van der Waals surface area contributed by atoms with Gasteiger partial charge in [-0.15, -0.1) is 23.1 Å². The molecule has 2 heterocycles. The van der Waals surface area contributed by atoms with Crippen molar-refractivity contribution in [3.8, 4) is 27.8 Å². The Bertz CT molecular complexity index is 1250. The number of hydrogen-bond acceptors (Lipinski definition) is 6. The summed E-state index contributed by atoms with van der Waals surface area (Å²) < 4.78 is 12.5. The standard InChI is InChI=1S/C26H22N2O2S3/c27-15-23-22(20-10-5-2-6-11-20)14-24(25-12-7-13-31-25)28-26(23)32-16-21(29)18-33(30)17-19-8-3-1-4-9-19/h1-14,21,29H,16-18H2/t21-,33-/m1/s1. The number of rotatable bonds is 9. The number of nitriles is 1. The molecule has 2 atom stereocenters. The average molecular weight is 491 g/mol. The van der Waals surface area contributed by atoms with Crippen molar-refractivity contribution < 1.29 is 9.32 Å². The van der Waals surface area contributed by atoms with Gasteiger partial charge in [-0.1, -0.05) is 66.7 Å². The van der Waals surface area contributed by atoms with Crippen LogP contribution in [0.3, 0.4) is 0 Å². The van der Waals surface area contributed by atoms with Gasteiger partial charge in [0.25, 0.3) is 0 Å². The Morgan fingerprint density at radius 3 is 2.45 bits per heavy atom. The molecule has 0 saturated heterocycles. The highest BCUT2D eigenvalue weighted by Crippen LogP contribution is 2.35. The number of thiophene rings is 1. The molecule has 4 aromatic rings. The number of aromatic nitrogens is 1. The van der Waals surface area contributed by atoms with Gasteiger partial charge < -0.3 is 5.11 Å². The van der Waals surface area contributed by atoms with Crippen molar-refractivity contribution >= 4 is 33.9 Å². The van der Waals surface area contributed by atoms with Crippen LogP contribution in [0.4, 0.5) is 0 Å². The lowest BCUT2D eigenvalue weighted by Crippen LogP contribution is -2.20. The molecule has 4 nitrogen and oxygen atoms in total. The van der Waals surface area contributed by atoms with E-state index in [0.717, 1.165) is 27.3 Å². The van der Waals surface area contributed by atoms with Gasteiger partial charge in [-0.3, -0.25) is 4.21 Å². The first kappa shape index (κ1) is 23.4. The second kappa shape index (κ2) is 11.4. The van der Waals surface area contributed by atoms with E-state index in [1.807, 2.05) is 84.2 Å². The fourth-order valence-corrected chi connectivity index (χ4v) is 6.38. The van der Waals surface area contributed by atoms with Gasteiger partial charge in [-0.25, -0.2) is 4.98 Å². The lowest BCUT2D eigenvalue weighted by Gasteiger charge is -2.14. The highest BCUT2D eigenvalue weighted by Gasteiger charge is 2.18. The summed E-state index contributed by atoms with van der Waals surface area (Å²) in [5, 5.41) is 23.1. The largest absolute Gasteiger partial charge is 0.391 e. The number of thioether (sulfide) groups is 1. The lowest BCUT2D eigenvalue weighted by atomic mass is 10.0. The van der Waals surface area contributed by atoms with Crippen LogP contribution in [0, 0.1) is 11.3 Å². The molecule has 0 bridgehead atoms. The average Bonchev–Trinajstić information content (AvgIpc) is 3.38. The van der Waals surface area contributed by atoms with Crippen LogP contribution in [0.5, 0.6) is 0 Å². The van der Waals surface area contributed by atoms with Gasteiger partial charge in [-0.05, 0) is 28.6 Å². The zero-order valence-corrected chi connectivity index (χ0v) is 20.2. The van der Waals surface area contributed by atoms with Gasteiger partial charge in [0, 0.05) is 27.9 Å². The second-order valence-corrected chi connectivity index (χ2v) is 10.8. The van der Waals surface area contributed by atoms with Crippen molar-refractivity contribution in [3.63, 3.8) is 0 Å². The molecule has 0 saturated carbocycles. The molecule has 0 aliphatic rings. The number of nitrogens with zero attached hydrogens (tertiary/aromatic N) is 2. The number of hydrogen-bond donors (Lipinski definition) is 1. The fraction of sp³-hybridized carbons (Fsp3) is 0.154. The molecule has 0 fully saturated rings. The minimum Gasteiger partial charge on any atom is -0.391 e. The summed E-state index contributed by atoms with van der Waals surface area (Å²) in [4.78, 5) is 5.77. The van der Waals surface area contributed by atoms with Crippen molar-refractivity contribution in [2.75, 3.05) is 11.5 Å². The van der Waals surface area contributed by atoms with E-state index in [1.54, 1.807) is 11.3 Å². The monoisotopic (exact) mass is 490 g/mol. The van der Waals surface area contributed by atoms with E-state index >= 15 is 0 Å². The molecule has 0 aliphatic carbocycles. The summed E-state index contributed by atoms with van der Waals surface area (Å²) in [5.74, 6) is 0.903. The van der Waals surface area contributed by atoms with E-state index in [4.69, 9.17) is 4.98 Å². The van der Waals surface area contributed by atoms with Crippen molar-refractivity contribution in [2.24, 2.45) is 0 Å². The molecule has 0 aliphatic heterocycles. The van der Waals surface area contributed by atoms with Crippen LogP contribution in [0.1, 0.15) is 11.1 Å². The summed E-state index contributed by atoms with van der Waals surface area (Å²) in [6.07, 6.45) is -0.765. The minimum absolute atomic E-state index is 0.180. The maximum Gasteiger partial charge on any atom is 0.115 e. The van der Waals surface area contributed by atoms with E-state index < -0.39 is 16.9 Å². The van der Waals surface area contributed by atoms with Gasteiger partial charge in [0.15, 0.2) is 0 Å². The van der Waals surface area contributed by atoms with Crippen molar-refractivity contribution in [1.82, 2.24) is 4.98 Å². The molecule has 2 aromatic heterocycles. The zero-order valence-electron chi connectivity index (χ0n) is 17.8. The topological polar surface area (TPSA) is 74.0 Å². The summed E-state index contributed by atoms with van der Waals surface area (Å²) in [5.41, 5.74) is 4.04. The first-order valence-corrected chi connectivity index (χ1v) is 13.7. The summed E-state index contributed by atoms with van der Waals surface area (Å²) in [6.45, 7) is 0. The van der Waals surface area contributed by atoms with E-state index in [9.17, 15) is 14.6 Å². The molecule has 0 radical (unpaired) electrons. The molecule has 0 spiro atoms. The molecule has 4 rings (SSSR count). The van der Waals surface area contributed by atoms with E-state index in [-0.39, 0.29) is 5.75 Å². The Morgan fingerprint density at radius 1 is 1.06 bits per heavy atom. The van der Waals surface area contributed by atoms with Crippen LogP contribution in [-0.2, 0) is 16.6 Å². The lowest BCUT2D eigenvalue weighted by molar-refractivity contribution is 0.224. The maximum atomic E-state index is 12.5. The number of aliphatic hydroxyl groups is 1. The van der Waals surface area contributed by atoms with Crippen LogP contribution in [0.15, 0.2) is 89.3 Å². The Labute approximate surface area is 204 Å². The minimum atomic E-state index is -1.18. The number of pyridine rings is 1. The highest BCUT2D eigenvalue weighted by molar-refractivity contribution is 7.99. The van der Waals surface area contributed by atoms with E-state index in [1.165, 1.54) is 11.8 Å². The molecule has 2 aromatic carbocycles. The fourth-order valence-electron chi connectivity index (χ4n) is 3.39. The number of benzene rings is 2.